The van der Waals surface area contributed by atoms with Crippen molar-refractivity contribution in [2.75, 3.05) is 26.3 Å². The van der Waals surface area contributed by atoms with Crippen LogP contribution in [0.2, 0.25) is 0 Å². The van der Waals surface area contributed by atoms with Crippen LogP contribution in [0.15, 0.2) is 27.9 Å². The Morgan fingerprint density at radius 3 is 2.52 bits per heavy atom. The number of aromatic amines is 1. The number of rotatable bonds is 14. The van der Waals surface area contributed by atoms with Gasteiger partial charge in [0.15, 0.2) is 6.29 Å². The van der Waals surface area contributed by atoms with E-state index in [4.69, 9.17) is 14.6 Å². The Hall–Kier alpha value is -3.10. The molecule has 1 aliphatic rings. The summed E-state index contributed by atoms with van der Waals surface area (Å²) in [6, 6.07) is 4.63. The lowest BCUT2D eigenvalue weighted by atomic mass is 9.95. The van der Waals surface area contributed by atoms with Crippen LogP contribution in [0.25, 0.3) is 22.4 Å². The molecule has 3 heterocycles. The van der Waals surface area contributed by atoms with E-state index in [1.807, 2.05) is 20.8 Å². The molecule has 0 radical (unpaired) electrons. The Labute approximate surface area is 247 Å². The van der Waals surface area contributed by atoms with Crippen molar-refractivity contribution in [1.82, 2.24) is 18.8 Å². The van der Waals surface area contributed by atoms with E-state index < -0.39 is 15.6 Å². The average Bonchev–Trinajstić information content (AvgIpc) is 3.29. The normalized spacial score (nSPS) is 14.7. The van der Waals surface area contributed by atoms with Gasteiger partial charge in [-0.25, -0.2) is 23.9 Å². The number of aldehydes is 1. The van der Waals surface area contributed by atoms with Gasteiger partial charge >= 0.3 is 0 Å². The quantitative estimate of drug-likeness (QED) is 0.160. The van der Waals surface area contributed by atoms with Gasteiger partial charge in [-0.15, -0.1) is 0 Å². The van der Waals surface area contributed by atoms with E-state index in [1.165, 1.54) is 16.4 Å². The number of hydrogen-bond acceptors (Lipinski definition) is 8. The molecular weight excluding hydrogens is 562 g/mol. The Kier molecular flexibility index (Phi) is 11.8. The van der Waals surface area contributed by atoms with Gasteiger partial charge in [-0.1, -0.05) is 27.7 Å². The smallest absolute Gasteiger partial charge is 0.275 e. The number of nitrogens with two attached hydrogens (primary N) is 1. The monoisotopic (exact) mass is 605 g/mol. The maximum absolute atomic E-state index is 13.7. The molecule has 232 valence electrons. The third-order valence-electron chi connectivity index (χ3n) is 7.57. The van der Waals surface area contributed by atoms with Crippen LogP contribution in [0.5, 0.6) is 5.75 Å². The van der Waals surface area contributed by atoms with Crippen molar-refractivity contribution in [2.24, 2.45) is 5.92 Å². The number of fused-ring (bicyclic) bond motifs is 1. The molecule has 1 saturated heterocycles. The number of nitrogens with one attached hydrogen (secondary N) is 1. The second-order valence-electron chi connectivity index (χ2n) is 10.2. The number of piperidine rings is 1. The molecule has 0 spiro atoms. The first-order valence-corrected chi connectivity index (χ1v) is 15.7. The Bertz CT molecular complexity index is 1530. The lowest BCUT2D eigenvalue weighted by Gasteiger charge is -2.31. The molecule has 4 rings (SSSR count). The van der Waals surface area contributed by atoms with E-state index >= 15 is 0 Å². The number of aromatic nitrogens is 3. The summed E-state index contributed by atoms with van der Waals surface area (Å²) >= 11 is 0. The van der Waals surface area contributed by atoms with Crippen LogP contribution >= 0.6 is 0 Å². The zero-order valence-electron chi connectivity index (χ0n) is 23.8. The van der Waals surface area contributed by atoms with Gasteiger partial charge in [0.1, 0.15) is 29.2 Å². The average molecular weight is 606 g/mol. The number of quaternary nitrogens is 1. The molecule has 2 aromatic heterocycles. The first-order chi connectivity index (χ1) is 19.8. The highest BCUT2D eigenvalue weighted by atomic mass is 32.2. The Balaban J connectivity index is 0.00000484. The number of H-pyrrole nitrogens is 1. The number of benzene rings is 1. The van der Waals surface area contributed by atoms with Gasteiger partial charge < -0.3 is 19.5 Å². The second kappa shape index (κ2) is 14.9. The fraction of sp³-hybridized carbons (Fsp3) is 0.552. The van der Waals surface area contributed by atoms with Gasteiger partial charge in [0, 0.05) is 25.2 Å². The number of sulfonamides is 1. The number of carbonyl (C=O) groups is 1. The molecule has 12 nitrogen and oxygen atoms in total. The molecule has 0 amide bonds. The van der Waals surface area contributed by atoms with E-state index in [0.29, 0.717) is 97.8 Å². The van der Waals surface area contributed by atoms with Crippen LogP contribution in [-0.4, -0.2) is 59.8 Å². The van der Waals surface area contributed by atoms with Crippen LogP contribution < -0.4 is 15.9 Å². The molecule has 0 aliphatic carbocycles. The summed E-state index contributed by atoms with van der Waals surface area (Å²) in [6.45, 7) is 7.69. The van der Waals surface area contributed by atoms with Crippen molar-refractivity contribution in [1.29, 1.82) is 0 Å². The number of aryl methyl sites for hydroxylation is 2. The molecule has 1 fully saturated rings. The largest absolute Gasteiger partial charge is 0.601 e. The standard InChI is InChI=1S/C28H39N5O7S.CH4/c1-4-7-21-23(18-34)33(6-3)26-25(21)29-27(30-28(26)35)22-17-20(8-9-24(22)39-15-5-2)41(37,38)32-13-10-19(11-14-32)12-16-40-31-36;/h8-9,17-19H,4-7,10-16,31H2,1-3H3,(H,29,30,35);1H4. The maximum Gasteiger partial charge on any atom is 0.275 e. The van der Waals surface area contributed by atoms with Crippen molar-refractivity contribution < 1.29 is 28.4 Å². The first-order valence-electron chi connectivity index (χ1n) is 14.2. The van der Waals surface area contributed by atoms with E-state index in [-0.39, 0.29) is 24.1 Å². The van der Waals surface area contributed by atoms with Crippen molar-refractivity contribution in [3.05, 3.63) is 45.0 Å². The third kappa shape index (κ3) is 6.76. The van der Waals surface area contributed by atoms with Gasteiger partial charge in [0.25, 0.3) is 5.56 Å². The van der Waals surface area contributed by atoms with Crippen LogP contribution in [0, 0.1) is 11.1 Å². The van der Waals surface area contributed by atoms with E-state index in [9.17, 15) is 23.2 Å². The number of carbonyl (C=O) groups excluding carboxylic acids is 1. The SMILES string of the molecule is C.CCCOc1ccc(S(=O)(=O)N2CCC(CCO[NH2+][O-])CC2)cc1-c1nc2c(CCC)c(C=O)n(CC)c2c(=O)[nH]1. The zero-order chi connectivity index (χ0) is 29.6. The van der Waals surface area contributed by atoms with Crippen LogP contribution in [0.4, 0.5) is 0 Å². The third-order valence-corrected chi connectivity index (χ3v) is 9.46. The Morgan fingerprint density at radius 1 is 1.17 bits per heavy atom. The lowest BCUT2D eigenvalue weighted by Crippen LogP contribution is -2.76. The summed E-state index contributed by atoms with van der Waals surface area (Å²) in [5, 5.41) is 10.4. The summed E-state index contributed by atoms with van der Waals surface area (Å²) in [5.41, 5.74) is 2.27. The molecule has 1 aliphatic heterocycles. The van der Waals surface area contributed by atoms with Gasteiger partial charge in [-0.2, -0.15) is 4.31 Å². The summed E-state index contributed by atoms with van der Waals surface area (Å²) in [7, 11) is -3.84. The summed E-state index contributed by atoms with van der Waals surface area (Å²) in [5.74, 6) is 0.874. The molecule has 0 atom stereocenters. The summed E-state index contributed by atoms with van der Waals surface area (Å²) in [4.78, 5) is 37.9. The highest BCUT2D eigenvalue weighted by Crippen LogP contribution is 2.34. The van der Waals surface area contributed by atoms with Crippen molar-refractivity contribution >= 4 is 27.3 Å². The van der Waals surface area contributed by atoms with E-state index in [2.05, 4.69) is 4.98 Å². The van der Waals surface area contributed by atoms with Crippen LogP contribution in [0.1, 0.15) is 76.4 Å². The van der Waals surface area contributed by atoms with Crippen molar-refractivity contribution in [3.8, 4) is 17.1 Å². The topological polar surface area (TPSA) is 163 Å². The molecular formula is C29H43N5O7S. The minimum absolute atomic E-state index is 0. The van der Waals surface area contributed by atoms with Crippen LogP contribution in [0.3, 0.4) is 0 Å². The highest BCUT2D eigenvalue weighted by molar-refractivity contribution is 7.89. The minimum Gasteiger partial charge on any atom is -0.601 e. The number of ether oxygens (including phenoxy) is 1. The molecule has 42 heavy (non-hydrogen) atoms. The second-order valence-corrected chi connectivity index (χ2v) is 12.1. The van der Waals surface area contributed by atoms with E-state index in [1.54, 1.807) is 10.6 Å². The van der Waals surface area contributed by atoms with Gasteiger partial charge in [-0.05, 0) is 63.1 Å². The van der Waals surface area contributed by atoms with Gasteiger partial charge in [0.05, 0.1) is 22.8 Å². The lowest BCUT2D eigenvalue weighted by molar-refractivity contribution is -0.850. The van der Waals surface area contributed by atoms with Crippen molar-refractivity contribution in [2.45, 2.75) is 78.2 Å². The molecule has 13 heteroatoms. The number of hydrogen-bond donors (Lipinski definition) is 2. The molecule has 0 unspecified atom stereocenters. The van der Waals surface area contributed by atoms with Crippen molar-refractivity contribution in [3.63, 3.8) is 0 Å². The fourth-order valence-corrected chi connectivity index (χ4v) is 6.98. The molecule has 1 aromatic carbocycles. The molecule has 3 N–H and O–H groups in total. The zero-order valence-corrected chi connectivity index (χ0v) is 24.7. The molecule has 0 saturated carbocycles. The van der Waals surface area contributed by atoms with Crippen LogP contribution in [-0.2, 0) is 27.8 Å². The molecule has 3 aromatic rings. The van der Waals surface area contributed by atoms with Gasteiger partial charge in [-0.3, -0.25) is 9.59 Å². The highest BCUT2D eigenvalue weighted by Gasteiger charge is 2.31. The molecule has 0 bridgehead atoms. The maximum atomic E-state index is 13.7. The fourth-order valence-electron chi connectivity index (χ4n) is 5.48. The Morgan fingerprint density at radius 2 is 1.90 bits per heavy atom. The van der Waals surface area contributed by atoms with E-state index in [0.717, 1.165) is 19.1 Å². The summed E-state index contributed by atoms with van der Waals surface area (Å²) in [6.07, 6.45) is 4.86. The first kappa shape index (κ1) is 33.4. The number of nitrogens with zero attached hydrogens (tertiary/aromatic N) is 3. The predicted molar refractivity (Wildman–Crippen MR) is 161 cm³/mol. The predicted octanol–water partition coefficient (Wildman–Crippen LogP) is 3.39. The summed E-state index contributed by atoms with van der Waals surface area (Å²) < 4.78 is 36.5. The minimum atomic E-state index is -3.84. The van der Waals surface area contributed by atoms with Gasteiger partial charge in [0.2, 0.25) is 10.0 Å².